The van der Waals surface area contributed by atoms with E-state index in [1.807, 2.05) is 60.7 Å². The van der Waals surface area contributed by atoms with Gasteiger partial charge in [-0.05, 0) is 79.0 Å². The molecule has 0 radical (unpaired) electrons. The van der Waals surface area contributed by atoms with Crippen molar-refractivity contribution < 1.29 is 18.3 Å². The van der Waals surface area contributed by atoms with Crippen LogP contribution in [-0.4, -0.2) is 30.8 Å². The zero-order chi connectivity index (χ0) is 30.5. The van der Waals surface area contributed by atoms with Gasteiger partial charge in [0.25, 0.3) is 0 Å². The van der Waals surface area contributed by atoms with Crippen LogP contribution < -0.4 is 9.47 Å². The van der Waals surface area contributed by atoms with E-state index in [1.54, 1.807) is 6.07 Å². The van der Waals surface area contributed by atoms with Crippen LogP contribution in [0.5, 0.6) is 11.5 Å². The Labute approximate surface area is 262 Å². The number of allylic oxidation sites excluding steroid dienone is 4. The summed E-state index contributed by atoms with van der Waals surface area (Å²) in [4.78, 5) is 2.22. The lowest BCUT2D eigenvalue weighted by Gasteiger charge is -2.29. The third-order valence-corrected chi connectivity index (χ3v) is 8.86. The number of halogens is 3. The number of nitrogens with zero attached hydrogens (tertiary/aromatic N) is 2. The Morgan fingerprint density at radius 3 is 2.61 bits per heavy atom. The Morgan fingerprint density at radius 2 is 1.80 bits per heavy atom. The summed E-state index contributed by atoms with van der Waals surface area (Å²) >= 11 is 6.85. The lowest BCUT2D eigenvalue weighted by molar-refractivity contribution is 0.144. The SMILES string of the molecule is N#CC1=C/CC\C=C/C(COc2cc(O[C@H]3CCc4c(-c5ccccc5F)cccc43)c(Cl)cc2CN2CCC(F)CC2)=C\1. The fraction of sp³-hybridized carbons (Fsp3) is 0.324. The van der Waals surface area contributed by atoms with Gasteiger partial charge in [0, 0.05) is 42.4 Å². The summed E-state index contributed by atoms with van der Waals surface area (Å²) in [6.07, 6.45) is 11.1. The molecule has 1 aliphatic heterocycles. The maximum Gasteiger partial charge on any atom is 0.142 e. The van der Waals surface area contributed by atoms with Crippen LogP contribution in [-0.2, 0) is 13.0 Å². The van der Waals surface area contributed by atoms with E-state index in [1.165, 1.54) is 6.07 Å². The molecule has 0 saturated carbocycles. The van der Waals surface area contributed by atoms with Crippen LogP contribution in [0.25, 0.3) is 11.1 Å². The standard InChI is InChI=1S/C37H35ClF2N2O2/c38-33-20-27(23-42-17-15-28(39)16-18-42)36(43-24-26-8-3-1-2-7-25(19-26)22-41)21-37(33)44-35-14-13-30-29(10-6-11-32(30)35)31-9-4-5-12-34(31)40/h3-12,19-21,28,35H,1-2,13-18,23-24H2/b8-3-,25-7+,26-19+/t35-/m0/s1. The monoisotopic (exact) mass is 612 g/mol. The normalized spacial score (nSPS) is 22.0. The molecule has 6 rings (SSSR count). The summed E-state index contributed by atoms with van der Waals surface area (Å²) in [6, 6.07) is 18.8. The van der Waals surface area contributed by atoms with Gasteiger partial charge in [-0.3, -0.25) is 4.90 Å². The highest BCUT2D eigenvalue weighted by atomic mass is 35.5. The molecule has 2 aliphatic carbocycles. The Kier molecular flexibility index (Phi) is 9.45. The number of likely N-dealkylation sites (tertiary alicyclic amines) is 1. The van der Waals surface area contributed by atoms with Crippen molar-refractivity contribution in [2.45, 2.75) is 57.3 Å². The van der Waals surface area contributed by atoms with Gasteiger partial charge in [0.2, 0.25) is 0 Å². The first-order valence-electron chi connectivity index (χ1n) is 15.3. The minimum atomic E-state index is -0.755. The summed E-state index contributed by atoms with van der Waals surface area (Å²) in [5.74, 6) is 0.916. The van der Waals surface area contributed by atoms with Crippen LogP contribution in [0.3, 0.4) is 0 Å². The lowest BCUT2D eigenvalue weighted by Crippen LogP contribution is -2.34. The van der Waals surface area contributed by atoms with E-state index in [4.69, 9.17) is 21.1 Å². The molecule has 0 aromatic heterocycles. The second-order valence-electron chi connectivity index (χ2n) is 11.6. The van der Waals surface area contributed by atoms with Crippen molar-refractivity contribution in [3.63, 3.8) is 0 Å². The molecule has 3 aromatic rings. The van der Waals surface area contributed by atoms with Gasteiger partial charge in [0.15, 0.2) is 0 Å². The van der Waals surface area contributed by atoms with E-state index >= 15 is 0 Å². The number of piperidine rings is 1. The fourth-order valence-electron chi connectivity index (χ4n) is 6.25. The van der Waals surface area contributed by atoms with Gasteiger partial charge < -0.3 is 9.47 Å². The van der Waals surface area contributed by atoms with E-state index < -0.39 is 6.17 Å². The summed E-state index contributed by atoms with van der Waals surface area (Å²) in [6.45, 7) is 2.20. The molecular weight excluding hydrogens is 578 g/mol. The molecule has 1 heterocycles. The largest absolute Gasteiger partial charge is 0.488 e. The Morgan fingerprint density at radius 1 is 0.977 bits per heavy atom. The predicted octanol–water partition coefficient (Wildman–Crippen LogP) is 9.25. The summed E-state index contributed by atoms with van der Waals surface area (Å²) < 4.78 is 41.5. The molecule has 0 unspecified atom stereocenters. The molecule has 226 valence electrons. The number of benzene rings is 3. The van der Waals surface area contributed by atoms with Crippen LogP contribution >= 0.6 is 11.6 Å². The van der Waals surface area contributed by atoms with Gasteiger partial charge in [-0.25, -0.2) is 8.78 Å². The molecule has 0 N–H and O–H groups in total. The predicted molar refractivity (Wildman–Crippen MR) is 170 cm³/mol. The second kappa shape index (κ2) is 13.8. The molecule has 3 aromatic carbocycles. The smallest absolute Gasteiger partial charge is 0.142 e. The highest BCUT2D eigenvalue weighted by molar-refractivity contribution is 6.32. The number of hydrogen-bond acceptors (Lipinski definition) is 4. The topological polar surface area (TPSA) is 45.5 Å². The van der Waals surface area contributed by atoms with Gasteiger partial charge >= 0.3 is 0 Å². The zero-order valence-electron chi connectivity index (χ0n) is 24.6. The first-order valence-corrected chi connectivity index (χ1v) is 15.7. The molecule has 3 aliphatic rings. The van der Waals surface area contributed by atoms with Crippen molar-refractivity contribution in [2.24, 2.45) is 0 Å². The van der Waals surface area contributed by atoms with Gasteiger partial charge in [-0.15, -0.1) is 0 Å². The first-order chi connectivity index (χ1) is 21.5. The minimum Gasteiger partial charge on any atom is -0.488 e. The number of fused-ring (bicyclic) bond motifs is 1. The van der Waals surface area contributed by atoms with E-state index in [-0.39, 0.29) is 18.5 Å². The van der Waals surface area contributed by atoms with Crippen molar-refractivity contribution in [2.75, 3.05) is 19.7 Å². The van der Waals surface area contributed by atoms with Crippen LogP contribution in [0.1, 0.15) is 54.9 Å². The van der Waals surface area contributed by atoms with Crippen LogP contribution in [0, 0.1) is 17.1 Å². The van der Waals surface area contributed by atoms with Gasteiger partial charge in [0.1, 0.15) is 36.2 Å². The van der Waals surface area contributed by atoms with Crippen molar-refractivity contribution in [1.82, 2.24) is 4.90 Å². The van der Waals surface area contributed by atoms with Gasteiger partial charge in [0.05, 0.1) is 11.1 Å². The third-order valence-electron chi connectivity index (χ3n) is 8.57. The average Bonchev–Trinajstić information content (AvgIpc) is 3.43. The lowest BCUT2D eigenvalue weighted by atomic mass is 9.96. The van der Waals surface area contributed by atoms with E-state index in [0.717, 1.165) is 53.5 Å². The number of alkyl halides is 1. The zero-order valence-corrected chi connectivity index (χ0v) is 25.3. The summed E-state index contributed by atoms with van der Waals surface area (Å²) in [5.41, 5.74) is 6.02. The molecule has 1 fully saturated rings. The molecule has 0 amide bonds. The fourth-order valence-corrected chi connectivity index (χ4v) is 6.48. The molecule has 0 bridgehead atoms. The van der Waals surface area contributed by atoms with Crippen LogP contribution in [0.4, 0.5) is 8.78 Å². The van der Waals surface area contributed by atoms with Crippen molar-refractivity contribution >= 4 is 11.6 Å². The minimum absolute atomic E-state index is 0.240. The number of nitriles is 1. The third kappa shape index (κ3) is 6.90. The van der Waals surface area contributed by atoms with Gasteiger partial charge in [-0.1, -0.05) is 66.2 Å². The van der Waals surface area contributed by atoms with Crippen LogP contribution in [0.2, 0.25) is 5.02 Å². The Bertz CT molecular complexity index is 1650. The van der Waals surface area contributed by atoms with Crippen LogP contribution in [0.15, 0.2) is 90.0 Å². The summed E-state index contributed by atoms with van der Waals surface area (Å²) in [5, 5.41) is 9.99. The highest BCUT2D eigenvalue weighted by Crippen LogP contribution is 2.43. The average molecular weight is 613 g/mol. The van der Waals surface area contributed by atoms with Gasteiger partial charge in [-0.2, -0.15) is 5.26 Å². The Balaban J connectivity index is 1.28. The highest BCUT2D eigenvalue weighted by Gasteiger charge is 2.28. The number of ether oxygens (including phenoxy) is 2. The summed E-state index contributed by atoms with van der Waals surface area (Å²) in [7, 11) is 0. The van der Waals surface area contributed by atoms with Crippen molar-refractivity contribution in [1.29, 1.82) is 5.26 Å². The van der Waals surface area contributed by atoms with E-state index in [2.05, 4.69) is 17.0 Å². The quantitative estimate of drug-likeness (QED) is 0.254. The maximum atomic E-state index is 14.7. The van der Waals surface area contributed by atoms with Crippen molar-refractivity contribution in [3.8, 4) is 28.7 Å². The van der Waals surface area contributed by atoms with Crippen molar-refractivity contribution in [3.05, 3.63) is 118 Å². The molecule has 4 nitrogen and oxygen atoms in total. The number of hydrogen-bond donors (Lipinski definition) is 0. The molecule has 7 heteroatoms. The van der Waals surface area contributed by atoms with E-state index in [9.17, 15) is 14.0 Å². The molecule has 44 heavy (non-hydrogen) atoms. The molecule has 1 saturated heterocycles. The molecule has 0 spiro atoms. The first kappa shape index (κ1) is 30.1. The van der Waals surface area contributed by atoms with E-state index in [0.29, 0.717) is 60.1 Å². The molecule has 1 atom stereocenters. The molecular formula is C37H35ClF2N2O2. The Hall–Kier alpha value is -3.92. The second-order valence-corrected chi connectivity index (χ2v) is 12.0. The number of rotatable bonds is 8. The maximum absolute atomic E-state index is 14.7.